The average Bonchev–Trinajstić information content (AvgIpc) is 3.40. The molecule has 1 fully saturated rings. The molecule has 7 nitrogen and oxygen atoms in total. The van der Waals surface area contributed by atoms with Crippen LogP contribution in [0.1, 0.15) is 28.2 Å². The number of benzene rings is 2. The maximum atomic E-state index is 13.3. The van der Waals surface area contributed by atoms with E-state index < -0.39 is 10.0 Å². The fourth-order valence-electron chi connectivity index (χ4n) is 4.08. The van der Waals surface area contributed by atoms with Gasteiger partial charge >= 0.3 is 0 Å². The number of carbonyl (C=O) groups excluding carboxylic acids is 1. The van der Waals surface area contributed by atoms with Gasteiger partial charge in [-0.25, -0.2) is 8.42 Å². The van der Waals surface area contributed by atoms with Crippen LogP contribution in [-0.4, -0.2) is 58.6 Å². The number of ether oxygens (including phenoxy) is 1. The van der Waals surface area contributed by atoms with Gasteiger partial charge in [0.15, 0.2) is 0 Å². The fourth-order valence-corrected chi connectivity index (χ4v) is 6.46. The van der Waals surface area contributed by atoms with Gasteiger partial charge in [-0.15, -0.1) is 11.3 Å². The molecular formula is C25H29N3O4S2. The number of para-hydroxylation sites is 1. The van der Waals surface area contributed by atoms with E-state index in [1.54, 1.807) is 54.7 Å². The fraction of sp³-hybridized carbons (Fsp3) is 0.320. The van der Waals surface area contributed by atoms with E-state index in [1.807, 2.05) is 17.5 Å². The van der Waals surface area contributed by atoms with Gasteiger partial charge < -0.3 is 10.1 Å². The summed E-state index contributed by atoms with van der Waals surface area (Å²) >= 11 is 1.66. The van der Waals surface area contributed by atoms with Crippen LogP contribution in [0.5, 0.6) is 0 Å². The molecule has 1 atom stereocenters. The Morgan fingerprint density at radius 2 is 1.85 bits per heavy atom. The Labute approximate surface area is 205 Å². The van der Waals surface area contributed by atoms with Crippen molar-refractivity contribution < 1.29 is 17.9 Å². The predicted octanol–water partition coefficient (Wildman–Crippen LogP) is 3.77. The first kappa shape index (κ1) is 24.4. The Morgan fingerprint density at radius 1 is 1.09 bits per heavy atom. The highest BCUT2D eigenvalue weighted by atomic mass is 32.2. The molecule has 1 amide bonds. The molecule has 1 aliphatic rings. The lowest BCUT2D eigenvalue weighted by molar-refractivity contribution is 0.0169. The second-order valence-electron chi connectivity index (χ2n) is 7.92. The predicted molar refractivity (Wildman–Crippen MR) is 135 cm³/mol. The number of anilines is 1. The molecule has 0 aliphatic carbocycles. The highest BCUT2D eigenvalue weighted by molar-refractivity contribution is 7.92. The third-order valence-corrected chi connectivity index (χ3v) is 8.70. The van der Waals surface area contributed by atoms with E-state index in [0.717, 1.165) is 13.1 Å². The average molecular weight is 500 g/mol. The van der Waals surface area contributed by atoms with Gasteiger partial charge in [-0.3, -0.25) is 14.0 Å². The Hall–Kier alpha value is -2.72. The van der Waals surface area contributed by atoms with E-state index in [0.29, 0.717) is 31.0 Å². The van der Waals surface area contributed by atoms with Crippen LogP contribution < -0.4 is 9.62 Å². The van der Waals surface area contributed by atoms with Crippen LogP contribution in [-0.2, 0) is 14.8 Å². The summed E-state index contributed by atoms with van der Waals surface area (Å²) in [5, 5.41) is 5.05. The number of nitrogens with one attached hydrogen (secondary N) is 1. The molecule has 2 heterocycles. The Bertz CT molecular complexity index is 1180. The summed E-state index contributed by atoms with van der Waals surface area (Å²) in [6, 6.07) is 19.3. The Morgan fingerprint density at radius 3 is 2.53 bits per heavy atom. The molecule has 1 saturated heterocycles. The van der Waals surface area contributed by atoms with Gasteiger partial charge in [0.2, 0.25) is 0 Å². The van der Waals surface area contributed by atoms with Crippen LogP contribution in [0.4, 0.5) is 5.69 Å². The summed E-state index contributed by atoms with van der Waals surface area (Å²) in [6.45, 7) is 5.46. The molecule has 34 heavy (non-hydrogen) atoms. The Kier molecular flexibility index (Phi) is 7.99. The Balaban J connectivity index is 1.51. The first-order valence-electron chi connectivity index (χ1n) is 11.3. The van der Waals surface area contributed by atoms with Crippen LogP contribution in [0.15, 0.2) is 77.0 Å². The van der Waals surface area contributed by atoms with E-state index >= 15 is 0 Å². The summed E-state index contributed by atoms with van der Waals surface area (Å²) in [5.41, 5.74) is 0.904. The van der Waals surface area contributed by atoms with Crippen molar-refractivity contribution in [2.75, 3.05) is 43.7 Å². The third kappa shape index (κ3) is 5.50. The van der Waals surface area contributed by atoms with Crippen molar-refractivity contribution in [3.8, 4) is 0 Å². The van der Waals surface area contributed by atoms with E-state index in [9.17, 15) is 13.2 Å². The number of sulfonamides is 1. The van der Waals surface area contributed by atoms with E-state index in [4.69, 9.17) is 4.74 Å². The van der Waals surface area contributed by atoms with Gasteiger partial charge in [0, 0.05) is 36.6 Å². The van der Waals surface area contributed by atoms with Crippen molar-refractivity contribution in [1.82, 2.24) is 10.2 Å². The van der Waals surface area contributed by atoms with Gasteiger partial charge in [0.25, 0.3) is 15.9 Å². The van der Waals surface area contributed by atoms with E-state index in [2.05, 4.69) is 16.3 Å². The number of nitrogens with zero attached hydrogens (tertiary/aromatic N) is 2. The third-order valence-electron chi connectivity index (χ3n) is 5.83. The largest absolute Gasteiger partial charge is 0.379 e. The molecule has 0 spiro atoms. The van der Waals surface area contributed by atoms with Crippen molar-refractivity contribution in [3.63, 3.8) is 0 Å². The summed E-state index contributed by atoms with van der Waals surface area (Å²) < 4.78 is 33.5. The lowest BCUT2D eigenvalue weighted by Crippen LogP contribution is -2.43. The zero-order valence-corrected chi connectivity index (χ0v) is 20.7. The normalized spacial score (nSPS) is 15.6. The molecule has 0 bridgehead atoms. The molecule has 3 aromatic rings. The number of amides is 1. The highest BCUT2D eigenvalue weighted by Crippen LogP contribution is 2.26. The summed E-state index contributed by atoms with van der Waals surface area (Å²) in [5.74, 6) is -0.297. The summed E-state index contributed by atoms with van der Waals surface area (Å²) in [4.78, 5) is 16.6. The maximum absolute atomic E-state index is 13.3. The molecule has 9 heteroatoms. The topological polar surface area (TPSA) is 79.0 Å². The van der Waals surface area contributed by atoms with Crippen LogP contribution >= 0.6 is 11.3 Å². The molecule has 1 aliphatic heterocycles. The van der Waals surface area contributed by atoms with Gasteiger partial charge in [0.05, 0.1) is 29.8 Å². The van der Waals surface area contributed by atoms with Gasteiger partial charge in [-0.1, -0.05) is 30.3 Å². The zero-order chi connectivity index (χ0) is 24.0. The molecule has 180 valence electrons. The lowest BCUT2D eigenvalue weighted by atomic mass is 10.1. The van der Waals surface area contributed by atoms with Crippen molar-refractivity contribution >= 4 is 33.0 Å². The standard InChI is InChI=1S/C25H29N3O4S2/c1-2-28(21-9-4-3-5-10-21)34(30,31)22-11-6-8-20(18-22)25(29)26-19-23(24-12-7-17-33-24)27-13-15-32-16-14-27/h3-12,17-18,23H,2,13-16,19H2,1H3,(H,26,29)/t23-/m0/s1. The molecule has 1 aromatic heterocycles. The molecule has 4 rings (SSSR count). The summed E-state index contributed by atoms with van der Waals surface area (Å²) in [6.07, 6.45) is 0. The number of hydrogen-bond donors (Lipinski definition) is 1. The SMILES string of the molecule is CCN(c1ccccc1)S(=O)(=O)c1cccc(C(=O)NC[C@@H](c2cccs2)N2CCOCC2)c1. The molecule has 1 N–H and O–H groups in total. The van der Waals surface area contributed by atoms with E-state index in [-0.39, 0.29) is 23.4 Å². The van der Waals surface area contributed by atoms with Crippen molar-refractivity contribution in [3.05, 3.63) is 82.6 Å². The first-order valence-corrected chi connectivity index (χ1v) is 13.6. The first-order chi connectivity index (χ1) is 16.5. The number of carbonyl (C=O) groups is 1. The van der Waals surface area contributed by atoms with Crippen molar-refractivity contribution in [2.24, 2.45) is 0 Å². The molecule has 0 saturated carbocycles. The minimum absolute atomic E-state index is 0.0495. The lowest BCUT2D eigenvalue weighted by Gasteiger charge is -2.34. The van der Waals surface area contributed by atoms with E-state index in [1.165, 1.54) is 21.3 Å². The van der Waals surface area contributed by atoms with Crippen LogP contribution in [0.3, 0.4) is 0 Å². The summed E-state index contributed by atoms with van der Waals surface area (Å²) in [7, 11) is -3.81. The molecular weight excluding hydrogens is 470 g/mol. The number of hydrogen-bond acceptors (Lipinski definition) is 6. The number of rotatable bonds is 9. The second-order valence-corrected chi connectivity index (χ2v) is 10.8. The quantitative estimate of drug-likeness (QED) is 0.485. The monoisotopic (exact) mass is 499 g/mol. The molecule has 2 aromatic carbocycles. The molecule has 0 unspecified atom stereocenters. The van der Waals surface area contributed by atoms with Crippen molar-refractivity contribution in [1.29, 1.82) is 0 Å². The smallest absolute Gasteiger partial charge is 0.264 e. The molecule has 0 radical (unpaired) electrons. The zero-order valence-electron chi connectivity index (χ0n) is 19.1. The minimum Gasteiger partial charge on any atom is -0.379 e. The van der Waals surface area contributed by atoms with Crippen LogP contribution in [0.2, 0.25) is 0 Å². The number of morpholine rings is 1. The van der Waals surface area contributed by atoms with Crippen molar-refractivity contribution in [2.45, 2.75) is 17.9 Å². The minimum atomic E-state index is -3.81. The highest BCUT2D eigenvalue weighted by Gasteiger charge is 2.26. The van der Waals surface area contributed by atoms with Gasteiger partial charge in [0.1, 0.15) is 0 Å². The van der Waals surface area contributed by atoms with Gasteiger partial charge in [-0.05, 0) is 48.7 Å². The number of thiophene rings is 1. The van der Waals surface area contributed by atoms with Crippen LogP contribution in [0.25, 0.3) is 0 Å². The van der Waals surface area contributed by atoms with Gasteiger partial charge in [-0.2, -0.15) is 0 Å². The second kappa shape index (κ2) is 11.1. The maximum Gasteiger partial charge on any atom is 0.264 e. The van der Waals surface area contributed by atoms with Crippen LogP contribution in [0, 0.1) is 0 Å².